The first kappa shape index (κ1) is 10.9. The second-order valence-corrected chi connectivity index (χ2v) is 3.90. The van der Waals surface area contributed by atoms with Crippen molar-refractivity contribution in [1.29, 1.82) is 0 Å². The third-order valence-corrected chi connectivity index (χ3v) is 2.27. The third-order valence-electron chi connectivity index (χ3n) is 2.13. The summed E-state index contributed by atoms with van der Waals surface area (Å²) in [6, 6.07) is 0. The van der Waals surface area contributed by atoms with E-state index in [1.165, 1.54) is 0 Å². The molecule has 0 saturated carbocycles. The van der Waals surface area contributed by atoms with Gasteiger partial charge in [0.05, 0.1) is 18.2 Å². The number of ether oxygens (including phenoxy) is 1. The van der Waals surface area contributed by atoms with Gasteiger partial charge in [0, 0.05) is 19.6 Å². The molecule has 1 fully saturated rings. The van der Waals surface area contributed by atoms with E-state index in [1.54, 1.807) is 0 Å². The van der Waals surface area contributed by atoms with Gasteiger partial charge in [-0.25, -0.2) is 0 Å². The van der Waals surface area contributed by atoms with Gasteiger partial charge in [-0.1, -0.05) is 12.2 Å². The molecule has 1 saturated heterocycles. The Labute approximate surface area is 85.4 Å². The van der Waals surface area contributed by atoms with Crippen LogP contribution in [0.25, 0.3) is 0 Å². The summed E-state index contributed by atoms with van der Waals surface area (Å²) >= 11 is 4.92. The third kappa shape index (κ3) is 5.18. The van der Waals surface area contributed by atoms with Crippen molar-refractivity contribution in [2.45, 2.75) is 13.3 Å². The van der Waals surface area contributed by atoms with Crippen LogP contribution >= 0.6 is 12.2 Å². The Hall–Kier alpha value is -0.190. The molecular formula is C9H18N2OS. The average Bonchev–Trinajstić information content (AvgIpc) is 2.14. The summed E-state index contributed by atoms with van der Waals surface area (Å²) < 4.78 is 5.27. The maximum absolute atomic E-state index is 5.27. The second-order valence-electron chi connectivity index (χ2n) is 3.29. The fourth-order valence-corrected chi connectivity index (χ4v) is 1.49. The van der Waals surface area contributed by atoms with Crippen molar-refractivity contribution in [3.05, 3.63) is 0 Å². The topological polar surface area (TPSA) is 24.5 Å². The first-order valence-corrected chi connectivity index (χ1v) is 5.24. The van der Waals surface area contributed by atoms with Crippen LogP contribution in [0.3, 0.4) is 0 Å². The molecule has 3 nitrogen and oxygen atoms in total. The van der Waals surface area contributed by atoms with Crippen LogP contribution in [0.1, 0.15) is 13.3 Å². The molecule has 1 heterocycles. The number of hydrogen-bond acceptors (Lipinski definition) is 3. The minimum atomic E-state index is 0.889. The van der Waals surface area contributed by atoms with Gasteiger partial charge in [-0.05, 0) is 19.9 Å². The lowest BCUT2D eigenvalue weighted by Crippen LogP contribution is -2.37. The van der Waals surface area contributed by atoms with Crippen LogP contribution in [0, 0.1) is 0 Å². The van der Waals surface area contributed by atoms with Gasteiger partial charge in [0.15, 0.2) is 0 Å². The zero-order chi connectivity index (χ0) is 9.52. The first-order valence-electron chi connectivity index (χ1n) is 4.83. The monoisotopic (exact) mass is 202 g/mol. The van der Waals surface area contributed by atoms with E-state index in [2.05, 4.69) is 10.2 Å². The summed E-state index contributed by atoms with van der Waals surface area (Å²) in [5.74, 6) is 0. The second kappa shape index (κ2) is 6.29. The normalized spacial score (nSPS) is 18.5. The summed E-state index contributed by atoms with van der Waals surface area (Å²) in [6.07, 6.45) is 1.16. The standard InChI is InChI=1S/C9H18N2OS/c1-9(13)10-3-2-4-11-5-7-12-8-6-11/h2-8H2,1H3,(H,10,13). The fraction of sp³-hybridized carbons (Fsp3) is 0.889. The maximum atomic E-state index is 5.27. The largest absolute Gasteiger partial charge is 0.380 e. The van der Waals surface area contributed by atoms with Crippen molar-refractivity contribution in [2.24, 2.45) is 0 Å². The van der Waals surface area contributed by atoms with Crippen LogP contribution in [0.2, 0.25) is 0 Å². The predicted octanol–water partition coefficient (Wildman–Crippen LogP) is 0.646. The van der Waals surface area contributed by atoms with Gasteiger partial charge >= 0.3 is 0 Å². The van der Waals surface area contributed by atoms with Crippen molar-refractivity contribution in [3.63, 3.8) is 0 Å². The zero-order valence-electron chi connectivity index (χ0n) is 8.21. The molecule has 1 aliphatic heterocycles. The van der Waals surface area contributed by atoms with Crippen molar-refractivity contribution in [3.8, 4) is 0 Å². The molecule has 0 aromatic carbocycles. The van der Waals surface area contributed by atoms with E-state index >= 15 is 0 Å². The molecule has 0 aromatic heterocycles. The highest BCUT2D eigenvalue weighted by Crippen LogP contribution is 1.97. The van der Waals surface area contributed by atoms with E-state index in [9.17, 15) is 0 Å². The molecule has 4 heteroatoms. The van der Waals surface area contributed by atoms with Crippen LogP contribution in [-0.4, -0.2) is 49.3 Å². The Kier molecular flexibility index (Phi) is 5.27. The molecule has 0 spiro atoms. The lowest BCUT2D eigenvalue weighted by Gasteiger charge is -2.26. The maximum Gasteiger partial charge on any atom is 0.0721 e. The van der Waals surface area contributed by atoms with Crippen molar-refractivity contribution < 1.29 is 4.74 Å². The predicted molar refractivity (Wildman–Crippen MR) is 58.2 cm³/mol. The van der Waals surface area contributed by atoms with Gasteiger partial charge in [0.2, 0.25) is 0 Å². The van der Waals surface area contributed by atoms with Gasteiger partial charge in [-0.15, -0.1) is 0 Å². The van der Waals surface area contributed by atoms with Gasteiger partial charge in [-0.3, -0.25) is 4.90 Å². The molecule has 0 bridgehead atoms. The highest BCUT2D eigenvalue weighted by Gasteiger charge is 2.08. The van der Waals surface area contributed by atoms with E-state index in [-0.39, 0.29) is 0 Å². The average molecular weight is 202 g/mol. The minimum absolute atomic E-state index is 0.889. The smallest absolute Gasteiger partial charge is 0.0721 e. The van der Waals surface area contributed by atoms with Crippen LogP contribution in [0.15, 0.2) is 0 Å². The summed E-state index contributed by atoms with van der Waals surface area (Å²) in [6.45, 7) is 8.00. The minimum Gasteiger partial charge on any atom is -0.380 e. The SMILES string of the molecule is CC(=S)NCCCN1CCOCC1. The Bertz CT molecular complexity index is 158. The highest BCUT2D eigenvalue weighted by atomic mass is 32.1. The quantitative estimate of drug-likeness (QED) is 0.534. The zero-order valence-corrected chi connectivity index (χ0v) is 9.03. The van der Waals surface area contributed by atoms with Gasteiger partial charge in [0.25, 0.3) is 0 Å². The Morgan fingerprint density at radius 1 is 1.46 bits per heavy atom. The molecule has 13 heavy (non-hydrogen) atoms. The van der Waals surface area contributed by atoms with Gasteiger partial charge in [0.1, 0.15) is 0 Å². The lowest BCUT2D eigenvalue weighted by atomic mass is 10.3. The van der Waals surface area contributed by atoms with E-state index < -0.39 is 0 Å². The van der Waals surface area contributed by atoms with Gasteiger partial charge < -0.3 is 10.1 Å². The van der Waals surface area contributed by atoms with Gasteiger partial charge in [-0.2, -0.15) is 0 Å². The number of morpholine rings is 1. The molecule has 76 valence electrons. The highest BCUT2D eigenvalue weighted by molar-refractivity contribution is 7.80. The molecule has 0 unspecified atom stereocenters. The molecule has 0 aromatic rings. The summed E-state index contributed by atoms with van der Waals surface area (Å²) in [7, 11) is 0. The molecule has 0 amide bonds. The van der Waals surface area contributed by atoms with E-state index in [0.717, 1.165) is 50.8 Å². The van der Waals surface area contributed by atoms with Crippen molar-refractivity contribution >= 4 is 17.2 Å². The molecule has 0 radical (unpaired) electrons. The number of hydrogen-bond donors (Lipinski definition) is 1. The summed E-state index contributed by atoms with van der Waals surface area (Å²) in [4.78, 5) is 3.33. The van der Waals surface area contributed by atoms with Crippen LogP contribution in [0.4, 0.5) is 0 Å². The fourth-order valence-electron chi connectivity index (χ4n) is 1.39. The number of nitrogens with zero attached hydrogens (tertiary/aromatic N) is 1. The molecule has 0 aliphatic carbocycles. The number of nitrogens with one attached hydrogen (secondary N) is 1. The number of rotatable bonds is 4. The van der Waals surface area contributed by atoms with E-state index in [4.69, 9.17) is 17.0 Å². The van der Waals surface area contributed by atoms with Crippen molar-refractivity contribution in [1.82, 2.24) is 10.2 Å². The molecule has 0 atom stereocenters. The Balaban J connectivity index is 1.95. The lowest BCUT2D eigenvalue weighted by molar-refractivity contribution is 0.0376. The molecule has 1 aliphatic rings. The molecule has 1 N–H and O–H groups in total. The molecule has 1 rings (SSSR count). The Morgan fingerprint density at radius 2 is 2.15 bits per heavy atom. The summed E-state index contributed by atoms with van der Waals surface area (Å²) in [5.41, 5.74) is 0. The van der Waals surface area contributed by atoms with Crippen LogP contribution in [-0.2, 0) is 4.74 Å². The summed E-state index contributed by atoms with van der Waals surface area (Å²) in [5, 5.41) is 3.16. The first-order chi connectivity index (χ1) is 6.29. The van der Waals surface area contributed by atoms with Crippen LogP contribution < -0.4 is 5.32 Å². The van der Waals surface area contributed by atoms with Crippen molar-refractivity contribution in [2.75, 3.05) is 39.4 Å². The van der Waals surface area contributed by atoms with E-state index in [1.807, 2.05) is 6.92 Å². The van der Waals surface area contributed by atoms with E-state index in [0.29, 0.717) is 0 Å². The molecular weight excluding hydrogens is 184 g/mol. The number of thiocarbonyl (C=S) groups is 1. The Morgan fingerprint density at radius 3 is 2.77 bits per heavy atom. The van der Waals surface area contributed by atoms with Crippen LogP contribution in [0.5, 0.6) is 0 Å².